The Morgan fingerprint density at radius 3 is 2.20 bits per heavy atom. The summed E-state index contributed by atoms with van der Waals surface area (Å²) in [6.07, 6.45) is -10.5. The third-order valence-electron chi connectivity index (χ3n) is 17.3. The second-order valence-corrected chi connectivity index (χ2v) is 20.5. The van der Waals surface area contributed by atoms with Gasteiger partial charge in [0.1, 0.15) is 54.2 Å². The summed E-state index contributed by atoms with van der Waals surface area (Å²) >= 11 is 0. The van der Waals surface area contributed by atoms with E-state index >= 15 is 0 Å². The number of aliphatic hydroxyl groups excluding tert-OH is 9. The first kappa shape index (κ1) is 41.4. The summed E-state index contributed by atoms with van der Waals surface area (Å²) in [5.41, 5.74) is -2.23. The molecule has 3 aliphatic heterocycles. The Hall–Kier alpha value is -1.31. The molecule has 56 heavy (non-hydrogen) atoms. The van der Waals surface area contributed by atoms with Crippen LogP contribution in [0.15, 0.2) is 11.6 Å². The van der Waals surface area contributed by atoms with Crippen LogP contribution < -0.4 is 0 Å². The average Bonchev–Trinajstić information content (AvgIpc) is 3.46. The zero-order valence-electron chi connectivity index (χ0n) is 33.4. The van der Waals surface area contributed by atoms with Crippen LogP contribution in [0.5, 0.6) is 0 Å². The molecule has 4 saturated carbocycles. The molecule has 0 radical (unpaired) electrons. The normalized spacial score (nSPS) is 57.6. The average molecular weight is 797 g/mol. The Morgan fingerprint density at radius 2 is 1.50 bits per heavy atom. The van der Waals surface area contributed by atoms with Gasteiger partial charge in [0.15, 0.2) is 12.6 Å². The van der Waals surface area contributed by atoms with E-state index in [-0.39, 0.29) is 53.9 Å². The molecule has 8 aliphatic rings. The fraction of sp³-hybridized carbons (Fsp3) is 0.927. The number of esters is 1. The van der Waals surface area contributed by atoms with Crippen LogP contribution in [0.25, 0.3) is 0 Å². The predicted molar refractivity (Wildman–Crippen MR) is 194 cm³/mol. The quantitative estimate of drug-likeness (QED) is 0.0967. The molecule has 9 N–H and O–H groups in total. The molecule has 0 amide bonds. The highest BCUT2D eigenvalue weighted by molar-refractivity contribution is 5.82. The molecule has 15 nitrogen and oxygen atoms in total. The maximum Gasteiger partial charge on any atom is 0.315 e. The van der Waals surface area contributed by atoms with E-state index in [4.69, 9.17) is 23.7 Å². The lowest BCUT2D eigenvalue weighted by Gasteiger charge is -2.72. The number of allylic oxidation sites excluding steroid dienone is 2. The van der Waals surface area contributed by atoms with Crippen molar-refractivity contribution in [3.63, 3.8) is 0 Å². The molecule has 318 valence electrons. The van der Waals surface area contributed by atoms with Gasteiger partial charge in [0.25, 0.3) is 0 Å². The van der Waals surface area contributed by atoms with Crippen LogP contribution >= 0.6 is 0 Å². The highest BCUT2D eigenvalue weighted by Gasteiger charge is 2.75. The van der Waals surface area contributed by atoms with Gasteiger partial charge in [-0.05, 0) is 72.5 Å². The van der Waals surface area contributed by atoms with E-state index in [0.717, 1.165) is 12.8 Å². The summed E-state index contributed by atoms with van der Waals surface area (Å²) in [6, 6.07) is 0. The second kappa shape index (κ2) is 13.6. The van der Waals surface area contributed by atoms with Crippen LogP contribution in [0.4, 0.5) is 0 Å². The van der Waals surface area contributed by atoms with E-state index in [9.17, 15) is 50.8 Å². The van der Waals surface area contributed by atoms with Gasteiger partial charge in [-0.3, -0.25) is 4.79 Å². The smallest absolute Gasteiger partial charge is 0.315 e. The first-order valence-electron chi connectivity index (χ1n) is 20.6. The number of ether oxygens (including phenoxy) is 5. The third-order valence-corrected chi connectivity index (χ3v) is 17.3. The number of carbonyl (C=O) groups is 1. The Balaban J connectivity index is 1.04. The zero-order valence-corrected chi connectivity index (χ0v) is 33.4. The predicted octanol–water partition coefficient (Wildman–Crippen LogP) is -0.114. The molecule has 1 spiro atoms. The van der Waals surface area contributed by atoms with Crippen LogP contribution in [-0.2, 0) is 28.5 Å². The molecule has 21 unspecified atom stereocenters. The molecule has 3 saturated heterocycles. The van der Waals surface area contributed by atoms with Crippen molar-refractivity contribution >= 4 is 5.97 Å². The minimum Gasteiger partial charge on any atom is -0.461 e. The Bertz CT molecular complexity index is 1570. The molecule has 0 aromatic heterocycles. The van der Waals surface area contributed by atoms with Crippen LogP contribution in [-0.4, -0.2) is 151 Å². The number of hydrogen-bond donors (Lipinski definition) is 9. The first-order chi connectivity index (χ1) is 26.1. The molecule has 0 aromatic rings. The summed E-state index contributed by atoms with van der Waals surface area (Å²) in [7, 11) is 0. The van der Waals surface area contributed by atoms with Gasteiger partial charge in [-0.15, -0.1) is 0 Å². The molecule has 0 aromatic carbocycles. The van der Waals surface area contributed by atoms with Crippen molar-refractivity contribution in [2.45, 2.75) is 166 Å². The van der Waals surface area contributed by atoms with Crippen molar-refractivity contribution in [3.8, 4) is 0 Å². The minimum absolute atomic E-state index is 0.0390. The summed E-state index contributed by atoms with van der Waals surface area (Å²) in [5, 5.41) is 98.3. The standard InChI is InChI=1S/C41H64O15/c1-36(2)11-19-18-7-8-24-37(3)12-20(43)32(56-34-31(50)29(48)28(47)22(54-34)16-53-33-30(49)27(46)21(44)15-52-33)38(4,17-42)23(37)9-10-39(24,5)40(18,6)13-25(45)41(19)14-26(36)55-35(41)51/h7,19-34,42-50H,8-17H2,1-6H3. The number of aliphatic hydroxyl groups is 9. The van der Waals surface area contributed by atoms with Gasteiger partial charge >= 0.3 is 5.97 Å². The molecule has 15 heteroatoms. The lowest BCUT2D eigenvalue weighted by Crippen LogP contribution is -2.70. The van der Waals surface area contributed by atoms with Crippen molar-refractivity contribution in [3.05, 3.63) is 11.6 Å². The van der Waals surface area contributed by atoms with Crippen LogP contribution in [0.2, 0.25) is 0 Å². The third kappa shape index (κ3) is 5.52. The van der Waals surface area contributed by atoms with Crippen molar-refractivity contribution in [1.29, 1.82) is 0 Å². The van der Waals surface area contributed by atoms with Gasteiger partial charge in [0, 0.05) is 17.3 Å². The maximum atomic E-state index is 13.6. The highest BCUT2D eigenvalue weighted by atomic mass is 16.7. The number of hydrogen-bond acceptors (Lipinski definition) is 15. The second-order valence-electron chi connectivity index (χ2n) is 20.5. The fourth-order valence-electron chi connectivity index (χ4n) is 13.9. The highest BCUT2D eigenvalue weighted by Crippen LogP contribution is 2.76. The van der Waals surface area contributed by atoms with E-state index in [0.29, 0.717) is 32.1 Å². The summed E-state index contributed by atoms with van der Waals surface area (Å²) in [6.45, 7) is 11.8. The van der Waals surface area contributed by atoms with Gasteiger partial charge in [0.05, 0.1) is 38.1 Å². The first-order valence-corrected chi connectivity index (χ1v) is 20.6. The van der Waals surface area contributed by atoms with Crippen LogP contribution in [0.3, 0.4) is 0 Å². The van der Waals surface area contributed by atoms with E-state index in [1.54, 1.807) is 0 Å². The van der Waals surface area contributed by atoms with Crippen molar-refractivity contribution < 1.29 is 74.4 Å². The van der Waals surface area contributed by atoms with Crippen molar-refractivity contribution in [2.24, 2.45) is 50.2 Å². The molecule has 7 fully saturated rings. The largest absolute Gasteiger partial charge is 0.461 e. The summed E-state index contributed by atoms with van der Waals surface area (Å²) in [5.74, 6) is -0.534. The van der Waals surface area contributed by atoms with Crippen molar-refractivity contribution in [2.75, 3.05) is 19.8 Å². The van der Waals surface area contributed by atoms with Gasteiger partial charge in [0.2, 0.25) is 0 Å². The van der Waals surface area contributed by atoms with E-state index < -0.39 is 102 Å². The maximum absolute atomic E-state index is 13.6. The van der Waals surface area contributed by atoms with E-state index in [2.05, 4.69) is 40.7 Å². The molecule has 5 aliphatic carbocycles. The van der Waals surface area contributed by atoms with Gasteiger partial charge in [-0.2, -0.15) is 0 Å². The number of carbonyl (C=O) groups excluding carboxylic acids is 1. The van der Waals surface area contributed by atoms with Crippen LogP contribution in [0.1, 0.15) is 86.5 Å². The molecular weight excluding hydrogens is 732 g/mol. The molecule has 8 rings (SSSR count). The topological polar surface area (TPSA) is 245 Å². The molecule has 2 bridgehead atoms. The van der Waals surface area contributed by atoms with Gasteiger partial charge < -0.3 is 69.6 Å². The van der Waals surface area contributed by atoms with E-state index in [1.807, 2.05) is 6.92 Å². The monoisotopic (exact) mass is 796 g/mol. The zero-order chi connectivity index (χ0) is 40.7. The lowest BCUT2D eigenvalue weighted by atomic mass is 9.33. The minimum atomic E-state index is -1.74. The fourth-order valence-corrected chi connectivity index (χ4v) is 13.9. The lowest BCUT2D eigenvalue weighted by molar-refractivity contribution is -0.352. The number of fused-ring (bicyclic) bond motifs is 7. The molecule has 3 heterocycles. The SMILES string of the molecule is CC1(C)CC2C3=CCC4C5(C)CC(O)C(OC6OC(COC7OCC(O)C(O)C7O)C(O)C(O)C6O)C(C)(CO)C5CCC4(C)C3(C)CC(O)C23CC1OC3=O. The summed E-state index contributed by atoms with van der Waals surface area (Å²) in [4.78, 5) is 13.6. The Morgan fingerprint density at radius 1 is 0.804 bits per heavy atom. The number of rotatable bonds is 6. The molecule has 21 atom stereocenters. The van der Waals surface area contributed by atoms with Gasteiger partial charge in [-0.25, -0.2) is 0 Å². The van der Waals surface area contributed by atoms with Gasteiger partial charge in [-0.1, -0.05) is 53.2 Å². The van der Waals surface area contributed by atoms with E-state index in [1.165, 1.54) is 5.57 Å². The Labute approximate surface area is 327 Å². The van der Waals surface area contributed by atoms with Crippen LogP contribution in [0, 0.1) is 50.2 Å². The molecular formula is C41H64O15. The Kier molecular flexibility index (Phi) is 10.1. The summed E-state index contributed by atoms with van der Waals surface area (Å²) < 4.78 is 29.2. The van der Waals surface area contributed by atoms with Crippen molar-refractivity contribution in [1.82, 2.24) is 0 Å².